The molecule has 0 spiro atoms. The number of amides is 2. The van der Waals surface area contributed by atoms with E-state index >= 15 is 0 Å². The zero-order valence-corrected chi connectivity index (χ0v) is 15.0. The summed E-state index contributed by atoms with van der Waals surface area (Å²) in [5, 5.41) is 2.92. The van der Waals surface area contributed by atoms with Gasteiger partial charge in [0.05, 0.1) is 34.4 Å². The van der Waals surface area contributed by atoms with E-state index < -0.39 is 5.92 Å². The second kappa shape index (κ2) is 6.76. The number of carbonyl (C=O) groups excluding carboxylic acids is 2. The Balaban J connectivity index is 1.50. The lowest BCUT2D eigenvalue weighted by Gasteiger charge is -2.19. The number of fused-ring (bicyclic) bond motifs is 1. The Morgan fingerprint density at radius 1 is 1.31 bits per heavy atom. The molecule has 7 heteroatoms. The SMILES string of the molecule is COc1ccccc1N1C[C@H](C(=O)Nc2ccc3ncsc3c2)CC1=O. The highest BCUT2D eigenvalue weighted by Crippen LogP contribution is 2.33. The summed E-state index contributed by atoms with van der Waals surface area (Å²) in [6.45, 7) is 0.341. The molecule has 2 amide bonds. The fourth-order valence-electron chi connectivity index (χ4n) is 3.15. The number of nitrogens with zero attached hydrogens (tertiary/aromatic N) is 2. The highest BCUT2D eigenvalue weighted by Gasteiger charge is 2.36. The van der Waals surface area contributed by atoms with Crippen LogP contribution >= 0.6 is 11.3 Å². The number of para-hydroxylation sites is 2. The van der Waals surface area contributed by atoms with Crippen molar-refractivity contribution in [3.8, 4) is 5.75 Å². The van der Waals surface area contributed by atoms with Gasteiger partial charge in [0.15, 0.2) is 0 Å². The zero-order chi connectivity index (χ0) is 18.1. The third kappa shape index (κ3) is 3.01. The molecular formula is C19H17N3O3S. The smallest absolute Gasteiger partial charge is 0.229 e. The van der Waals surface area contributed by atoms with Crippen LogP contribution in [0.15, 0.2) is 48.0 Å². The van der Waals surface area contributed by atoms with Crippen LogP contribution in [-0.4, -0.2) is 30.5 Å². The Bertz CT molecular complexity index is 985. The molecule has 1 fully saturated rings. The molecule has 1 atom stereocenters. The molecule has 0 bridgehead atoms. The van der Waals surface area contributed by atoms with Crippen LogP contribution in [0.25, 0.3) is 10.2 Å². The van der Waals surface area contributed by atoms with Crippen LogP contribution in [0.4, 0.5) is 11.4 Å². The minimum absolute atomic E-state index is 0.0763. The molecule has 2 aromatic carbocycles. The summed E-state index contributed by atoms with van der Waals surface area (Å²) < 4.78 is 6.35. The molecule has 4 rings (SSSR count). The van der Waals surface area contributed by atoms with Crippen molar-refractivity contribution >= 4 is 44.7 Å². The average molecular weight is 367 g/mol. The van der Waals surface area contributed by atoms with Crippen LogP contribution in [0.3, 0.4) is 0 Å². The molecule has 132 valence electrons. The molecule has 6 nitrogen and oxygen atoms in total. The molecule has 1 saturated heterocycles. The van der Waals surface area contributed by atoms with E-state index in [1.165, 1.54) is 11.3 Å². The van der Waals surface area contributed by atoms with E-state index in [9.17, 15) is 9.59 Å². The second-order valence-corrected chi connectivity index (χ2v) is 6.99. The maximum atomic E-state index is 12.6. The van der Waals surface area contributed by atoms with Gasteiger partial charge in [0.25, 0.3) is 0 Å². The summed E-state index contributed by atoms with van der Waals surface area (Å²) in [6, 6.07) is 12.9. The summed E-state index contributed by atoms with van der Waals surface area (Å²) in [6.07, 6.45) is 0.187. The Morgan fingerprint density at radius 3 is 3.00 bits per heavy atom. The number of ether oxygens (including phenoxy) is 1. The highest BCUT2D eigenvalue weighted by molar-refractivity contribution is 7.16. The summed E-state index contributed by atoms with van der Waals surface area (Å²) in [4.78, 5) is 30.9. The maximum absolute atomic E-state index is 12.6. The van der Waals surface area contributed by atoms with Crippen molar-refractivity contribution in [3.05, 3.63) is 48.0 Å². The molecule has 0 aliphatic carbocycles. The van der Waals surface area contributed by atoms with Crippen molar-refractivity contribution in [2.45, 2.75) is 6.42 Å². The fourth-order valence-corrected chi connectivity index (χ4v) is 3.86. The normalized spacial score (nSPS) is 16.9. The van der Waals surface area contributed by atoms with Gasteiger partial charge in [0, 0.05) is 18.7 Å². The lowest BCUT2D eigenvalue weighted by molar-refractivity contribution is -0.122. The van der Waals surface area contributed by atoms with Crippen molar-refractivity contribution in [3.63, 3.8) is 0 Å². The lowest BCUT2D eigenvalue weighted by atomic mass is 10.1. The van der Waals surface area contributed by atoms with E-state index in [2.05, 4.69) is 10.3 Å². The van der Waals surface area contributed by atoms with E-state index in [0.29, 0.717) is 18.0 Å². The summed E-state index contributed by atoms with van der Waals surface area (Å²) in [5.41, 5.74) is 4.10. The van der Waals surface area contributed by atoms with Gasteiger partial charge in [-0.05, 0) is 30.3 Å². The number of carbonyl (C=O) groups is 2. The number of rotatable bonds is 4. The zero-order valence-electron chi connectivity index (χ0n) is 14.1. The van der Waals surface area contributed by atoms with E-state index in [1.807, 2.05) is 36.4 Å². The lowest BCUT2D eigenvalue weighted by Crippen LogP contribution is -2.28. The van der Waals surface area contributed by atoms with Crippen LogP contribution in [-0.2, 0) is 9.59 Å². The van der Waals surface area contributed by atoms with Gasteiger partial charge in [-0.15, -0.1) is 11.3 Å². The van der Waals surface area contributed by atoms with Crippen LogP contribution in [0.2, 0.25) is 0 Å². The monoisotopic (exact) mass is 367 g/mol. The quantitative estimate of drug-likeness (QED) is 0.768. The number of nitrogens with one attached hydrogen (secondary N) is 1. The number of thiazole rings is 1. The number of hydrogen-bond donors (Lipinski definition) is 1. The minimum atomic E-state index is -0.399. The third-order valence-electron chi connectivity index (χ3n) is 4.47. The molecule has 26 heavy (non-hydrogen) atoms. The first-order chi connectivity index (χ1) is 12.7. The van der Waals surface area contributed by atoms with Gasteiger partial charge in [-0.1, -0.05) is 12.1 Å². The van der Waals surface area contributed by atoms with Crippen molar-refractivity contribution in [1.82, 2.24) is 4.98 Å². The first-order valence-corrected chi connectivity index (χ1v) is 9.11. The standard InChI is InChI=1S/C19H17N3O3S/c1-25-16-5-3-2-4-15(16)22-10-12(8-18(22)23)19(24)21-13-6-7-14-17(9-13)26-11-20-14/h2-7,9,11-12H,8,10H2,1H3,(H,21,24)/t12-/m1/s1. The van der Waals surface area contributed by atoms with Crippen LogP contribution in [0.1, 0.15) is 6.42 Å². The molecule has 1 N–H and O–H groups in total. The molecule has 0 saturated carbocycles. The number of hydrogen-bond acceptors (Lipinski definition) is 5. The minimum Gasteiger partial charge on any atom is -0.495 e. The van der Waals surface area contributed by atoms with Crippen LogP contribution in [0.5, 0.6) is 5.75 Å². The second-order valence-electron chi connectivity index (χ2n) is 6.10. The Morgan fingerprint density at radius 2 is 2.15 bits per heavy atom. The maximum Gasteiger partial charge on any atom is 0.229 e. The molecule has 0 unspecified atom stereocenters. The Labute approximate surface area is 154 Å². The van der Waals surface area contributed by atoms with E-state index in [1.54, 1.807) is 23.6 Å². The van der Waals surface area contributed by atoms with Crippen molar-refractivity contribution in [1.29, 1.82) is 0 Å². The predicted octanol–water partition coefficient (Wildman–Crippen LogP) is 3.30. The van der Waals surface area contributed by atoms with Gasteiger partial charge in [-0.2, -0.15) is 0 Å². The first kappa shape index (κ1) is 16.5. The highest BCUT2D eigenvalue weighted by atomic mass is 32.1. The molecule has 0 radical (unpaired) electrons. The van der Waals surface area contributed by atoms with Crippen LogP contribution in [0, 0.1) is 5.92 Å². The van der Waals surface area contributed by atoms with Crippen molar-refractivity contribution in [2.75, 3.05) is 23.9 Å². The summed E-state index contributed by atoms with van der Waals surface area (Å²) in [5.74, 6) is -0.00528. The topological polar surface area (TPSA) is 71.5 Å². The number of benzene rings is 2. The summed E-state index contributed by atoms with van der Waals surface area (Å²) in [7, 11) is 1.57. The molecule has 3 aromatic rings. The van der Waals surface area contributed by atoms with Gasteiger partial charge in [-0.25, -0.2) is 4.98 Å². The molecular weight excluding hydrogens is 350 g/mol. The Hall–Kier alpha value is -2.93. The van der Waals surface area contributed by atoms with Crippen molar-refractivity contribution < 1.29 is 14.3 Å². The van der Waals surface area contributed by atoms with E-state index in [-0.39, 0.29) is 18.2 Å². The molecule has 1 aliphatic heterocycles. The largest absolute Gasteiger partial charge is 0.495 e. The first-order valence-electron chi connectivity index (χ1n) is 8.23. The van der Waals surface area contributed by atoms with Gasteiger partial charge in [0.2, 0.25) is 11.8 Å². The van der Waals surface area contributed by atoms with Gasteiger partial charge in [-0.3, -0.25) is 9.59 Å². The number of aromatic nitrogens is 1. The van der Waals surface area contributed by atoms with Gasteiger partial charge >= 0.3 is 0 Å². The fraction of sp³-hybridized carbons (Fsp3) is 0.211. The molecule has 2 heterocycles. The summed E-state index contributed by atoms with van der Waals surface area (Å²) >= 11 is 1.52. The Kier molecular flexibility index (Phi) is 4.30. The van der Waals surface area contributed by atoms with Crippen molar-refractivity contribution in [2.24, 2.45) is 5.92 Å². The van der Waals surface area contributed by atoms with Gasteiger partial charge < -0.3 is 15.0 Å². The van der Waals surface area contributed by atoms with Gasteiger partial charge in [0.1, 0.15) is 5.75 Å². The van der Waals surface area contributed by atoms with E-state index in [4.69, 9.17) is 4.74 Å². The third-order valence-corrected chi connectivity index (χ3v) is 5.26. The number of methoxy groups -OCH3 is 1. The average Bonchev–Trinajstić information content (AvgIpc) is 3.27. The number of anilines is 2. The predicted molar refractivity (Wildman–Crippen MR) is 102 cm³/mol. The molecule has 1 aliphatic rings. The van der Waals surface area contributed by atoms with E-state index in [0.717, 1.165) is 15.9 Å². The van der Waals surface area contributed by atoms with Crippen LogP contribution < -0.4 is 15.0 Å². The molecule has 1 aromatic heterocycles.